The quantitative estimate of drug-likeness (QED) is 0.301. The lowest BCUT2D eigenvalue weighted by Gasteiger charge is -2.29. The van der Waals surface area contributed by atoms with Gasteiger partial charge >= 0.3 is 0 Å². The Balaban J connectivity index is 1.23. The van der Waals surface area contributed by atoms with E-state index in [1.54, 1.807) is 29.4 Å². The van der Waals surface area contributed by atoms with Crippen LogP contribution in [-0.4, -0.2) is 56.0 Å². The molecule has 0 atom stereocenters. The Hall–Kier alpha value is -4.67. The Morgan fingerprint density at radius 3 is 2.92 bits per heavy atom. The van der Waals surface area contributed by atoms with Crippen LogP contribution >= 0.6 is 0 Å². The Kier molecular flexibility index (Phi) is 6.01. The van der Waals surface area contributed by atoms with Crippen molar-refractivity contribution in [3.05, 3.63) is 77.1 Å². The average molecular weight is 500 g/mol. The number of furan rings is 1. The van der Waals surface area contributed by atoms with E-state index in [9.17, 15) is 4.79 Å². The van der Waals surface area contributed by atoms with Crippen LogP contribution in [0.3, 0.4) is 0 Å². The largest absolute Gasteiger partial charge is 0.486 e. The maximum absolute atomic E-state index is 12.8. The third-order valence-corrected chi connectivity index (χ3v) is 6.48. The summed E-state index contributed by atoms with van der Waals surface area (Å²) in [4.78, 5) is 21.3. The number of H-pyrrole nitrogens is 1. The number of rotatable bonds is 7. The fraction of sp³-hybridized carbons (Fsp3) is 0.269. The van der Waals surface area contributed by atoms with Crippen molar-refractivity contribution in [1.82, 2.24) is 30.5 Å². The summed E-state index contributed by atoms with van der Waals surface area (Å²) in [5.41, 5.74) is 3.58. The first-order chi connectivity index (χ1) is 18.1. The number of aryl methyl sites for hydroxylation is 1. The Morgan fingerprint density at radius 2 is 2.14 bits per heavy atom. The standard InChI is InChI=1S/C26H25N7O4/c1-17-22(27-26(37-17)32-9-2-3-10-32)16-36-23-14-19-15-33(24(34)7-6-20-5-4-12-35-20)11-8-18(19)13-21(23)25-28-30-31-29-25/h2-7,12-14H,8-11,15-16H2,1H3,(H,28,29,30,31)/b7-6+. The number of aromatic amines is 1. The highest BCUT2D eigenvalue weighted by molar-refractivity contribution is 5.91. The van der Waals surface area contributed by atoms with Gasteiger partial charge in [0.25, 0.3) is 6.01 Å². The number of ether oxygens (including phenoxy) is 1. The summed E-state index contributed by atoms with van der Waals surface area (Å²) in [6.45, 7) is 4.72. The molecule has 11 heteroatoms. The lowest BCUT2D eigenvalue weighted by Crippen LogP contribution is -2.34. The summed E-state index contributed by atoms with van der Waals surface area (Å²) in [5.74, 6) is 2.30. The van der Waals surface area contributed by atoms with E-state index in [-0.39, 0.29) is 12.5 Å². The fourth-order valence-electron chi connectivity index (χ4n) is 4.45. The molecule has 188 valence electrons. The molecule has 37 heavy (non-hydrogen) atoms. The minimum Gasteiger partial charge on any atom is -0.486 e. The van der Waals surface area contributed by atoms with Gasteiger partial charge in [-0.1, -0.05) is 12.2 Å². The van der Waals surface area contributed by atoms with Gasteiger partial charge in [-0.25, -0.2) is 0 Å². The zero-order valence-corrected chi connectivity index (χ0v) is 20.3. The van der Waals surface area contributed by atoms with Gasteiger partial charge in [0.05, 0.1) is 11.8 Å². The number of benzene rings is 1. The number of hydrogen-bond acceptors (Lipinski definition) is 9. The topological polar surface area (TPSA) is 126 Å². The van der Waals surface area contributed by atoms with Crippen LogP contribution < -0.4 is 9.64 Å². The number of anilines is 1. The Labute approximate surface area is 212 Å². The van der Waals surface area contributed by atoms with Crippen molar-refractivity contribution in [3.8, 4) is 17.1 Å². The van der Waals surface area contributed by atoms with E-state index in [0.29, 0.717) is 48.6 Å². The molecule has 0 bridgehead atoms. The number of carbonyl (C=O) groups excluding carboxylic acids is 1. The zero-order chi connectivity index (χ0) is 25.2. The molecule has 2 aliphatic rings. The lowest BCUT2D eigenvalue weighted by molar-refractivity contribution is -0.126. The number of fused-ring (bicyclic) bond motifs is 1. The molecule has 0 unspecified atom stereocenters. The van der Waals surface area contributed by atoms with Crippen LogP contribution in [0.5, 0.6) is 5.75 Å². The SMILES string of the molecule is Cc1oc(N2CC=CC2)nc1COc1cc2c(cc1-c1nn[nH]n1)CCN(C(=O)/C=C/c1ccco1)C2. The maximum atomic E-state index is 12.8. The van der Waals surface area contributed by atoms with Crippen molar-refractivity contribution in [3.63, 3.8) is 0 Å². The monoisotopic (exact) mass is 499 g/mol. The van der Waals surface area contributed by atoms with Gasteiger partial charge in [-0.15, -0.1) is 10.2 Å². The molecular weight excluding hydrogens is 474 g/mol. The summed E-state index contributed by atoms with van der Waals surface area (Å²) in [6.07, 6.45) is 9.67. The van der Waals surface area contributed by atoms with Crippen LogP contribution in [0.25, 0.3) is 17.5 Å². The van der Waals surface area contributed by atoms with Crippen LogP contribution in [0.1, 0.15) is 28.3 Å². The molecule has 0 saturated heterocycles. The van der Waals surface area contributed by atoms with Gasteiger partial charge in [0, 0.05) is 32.3 Å². The minimum atomic E-state index is -0.0751. The van der Waals surface area contributed by atoms with Gasteiger partial charge in [0.1, 0.15) is 29.6 Å². The molecule has 0 saturated carbocycles. The molecule has 1 N–H and O–H groups in total. The summed E-state index contributed by atoms with van der Waals surface area (Å²) in [7, 11) is 0. The molecule has 3 aromatic heterocycles. The molecular formula is C26H25N7O4. The van der Waals surface area contributed by atoms with Crippen molar-refractivity contribution >= 4 is 18.0 Å². The first kappa shape index (κ1) is 22.8. The van der Waals surface area contributed by atoms with Crippen LogP contribution in [0, 0.1) is 6.92 Å². The molecule has 1 amide bonds. The smallest absolute Gasteiger partial charge is 0.298 e. The van der Waals surface area contributed by atoms with Crippen molar-refractivity contribution in [1.29, 1.82) is 0 Å². The molecule has 11 nitrogen and oxygen atoms in total. The predicted molar refractivity (Wildman–Crippen MR) is 133 cm³/mol. The number of carbonyl (C=O) groups is 1. The molecule has 0 aliphatic carbocycles. The summed E-state index contributed by atoms with van der Waals surface area (Å²) < 4.78 is 17.4. The molecule has 0 fully saturated rings. The summed E-state index contributed by atoms with van der Waals surface area (Å²) in [6, 6.07) is 8.15. The normalized spacial score (nSPS) is 15.1. The number of nitrogens with zero attached hydrogens (tertiary/aromatic N) is 6. The van der Waals surface area contributed by atoms with Crippen LogP contribution in [-0.2, 0) is 24.4 Å². The highest BCUT2D eigenvalue weighted by atomic mass is 16.5. The van der Waals surface area contributed by atoms with Crippen molar-refractivity contribution < 1.29 is 18.4 Å². The predicted octanol–water partition coefficient (Wildman–Crippen LogP) is 3.31. The van der Waals surface area contributed by atoms with Gasteiger partial charge in [-0.05, 0) is 60.0 Å². The lowest BCUT2D eigenvalue weighted by atomic mass is 9.96. The second-order valence-electron chi connectivity index (χ2n) is 8.88. The van der Waals surface area contributed by atoms with Crippen LogP contribution in [0.2, 0.25) is 0 Å². The third kappa shape index (κ3) is 4.75. The molecule has 2 aliphatic heterocycles. The minimum absolute atomic E-state index is 0.0751. The van der Waals surface area contributed by atoms with Crippen molar-refractivity contribution in [2.75, 3.05) is 24.5 Å². The van der Waals surface area contributed by atoms with Gasteiger partial charge in [0.15, 0.2) is 0 Å². The molecule has 6 rings (SSSR count). The fourth-order valence-corrected chi connectivity index (χ4v) is 4.45. The number of oxazole rings is 1. The molecule has 0 spiro atoms. The van der Waals surface area contributed by atoms with E-state index in [4.69, 9.17) is 13.6 Å². The number of aromatic nitrogens is 5. The summed E-state index contributed by atoms with van der Waals surface area (Å²) in [5, 5.41) is 14.5. The highest BCUT2D eigenvalue weighted by Crippen LogP contribution is 2.34. The summed E-state index contributed by atoms with van der Waals surface area (Å²) >= 11 is 0. The zero-order valence-electron chi connectivity index (χ0n) is 20.3. The second kappa shape index (κ2) is 9.76. The van der Waals surface area contributed by atoms with Crippen molar-refractivity contribution in [2.45, 2.75) is 26.5 Å². The molecule has 1 aromatic carbocycles. The van der Waals surface area contributed by atoms with Crippen molar-refractivity contribution in [2.24, 2.45) is 0 Å². The van der Waals surface area contributed by atoms with E-state index in [0.717, 1.165) is 35.5 Å². The Morgan fingerprint density at radius 1 is 1.24 bits per heavy atom. The molecule has 4 aromatic rings. The highest BCUT2D eigenvalue weighted by Gasteiger charge is 2.24. The molecule has 5 heterocycles. The number of tetrazole rings is 1. The Bertz CT molecular complexity index is 1450. The van der Waals surface area contributed by atoms with E-state index in [1.807, 2.05) is 24.0 Å². The van der Waals surface area contributed by atoms with Gasteiger partial charge in [-0.2, -0.15) is 10.2 Å². The van der Waals surface area contributed by atoms with Crippen LogP contribution in [0.15, 0.2) is 57.6 Å². The van der Waals surface area contributed by atoms with E-state index >= 15 is 0 Å². The van der Waals surface area contributed by atoms with E-state index < -0.39 is 0 Å². The number of amides is 1. The first-order valence-electron chi connectivity index (χ1n) is 12.0. The number of hydrogen-bond donors (Lipinski definition) is 1. The van der Waals surface area contributed by atoms with Gasteiger partial charge in [-0.3, -0.25) is 4.79 Å². The number of nitrogens with one attached hydrogen (secondary N) is 1. The average Bonchev–Trinajstić information content (AvgIpc) is 3.73. The molecule has 0 radical (unpaired) electrons. The van der Waals surface area contributed by atoms with E-state index in [1.165, 1.54) is 6.08 Å². The van der Waals surface area contributed by atoms with E-state index in [2.05, 4.69) is 37.8 Å². The van der Waals surface area contributed by atoms with Crippen LogP contribution in [0.4, 0.5) is 6.01 Å². The second-order valence-corrected chi connectivity index (χ2v) is 8.88. The van der Waals surface area contributed by atoms with Gasteiger partial charge < -0.3 is 23.4 Å². The first-order valence-corrected chi connectivity index (χ1v) is 12.0. The van der Waals surface area contributed by atoms with Gasteiger partial charge in [0.2, 0.25) is 11.7 Å². The maximum Gasteiger partial charge on any atom is 0.298 e. The third-order valence-electron chi connectivity index (χ3n) is 6.48.